The van der Waals surface area contributed by atoms with E-state index in [0.717, 1.165) is 32.3 Å². The minimum atomic E-state index is -0.0157. The fourth-order valence-electron chi connectivity index (χ4n) is 1.33. The number of hydrogen-bond acceptors (Lipinski definition) is 2. The van der Waals surface area contributed by atoms with Crippen LogP contribution in [-0.2, 0) is 9.53 Å². The van der Waals surface area contributed by atoms with E-state index in [4.69, 9.17) is 4.74 Å². The Morgan fingerprint density at radius 2 is 1.67 bits per heavy atom. The summed E-state index contributed by atoms with van der Waals surface area (Å²) in [7, 11) is 0. The second-order valence-electron chi connectivity index (χ2n) is 5.02. The second-order valence-corrected chi connectivity index (χ2v) is 5.02. The van der Waals surface area contributed by atoms with Crippen molar-refractivity contribution in [2.45, 2.75) is 71.8 Å². The van der Waals surface area contributed by atoms with Crippen LogP contribution in [0.15, 0.2) is 0 Å². The molecule has 2 nitrogen and oxygen atoms in total. The summed E-state index contributed by atoms with van der Waals surface area (Å²) in [6.45, 7) is 9.00. The molecule has 0 rings (SSSR count). The molecule has 0 bridgehead atoms. The first kappa shape index (κ1) is 14.6. The molecule has 0 radical (unpaired) electrons. The molecule has 0 aromatic carbocycles. The third-order valence-electron chi connectivity index (χ3n) is 2.28. The first-order valence-electron chi connectivity index (χ1n) is 6.11. The van der Waals surface area contributed by atoms with Crippen molar-refractivity contribution in [2.75, 3.05) is 6.61 Å². The van der Waals surface area contributed by atoms with Crippen LogP contribution in [-0.4, -0.2) is 18.0 Å². The summed E-state index contributed by atoms with van der Waals surface area (Å²) in [5, 5.41) is 0. The van der Waals surface area contributed by atoms with Crippen LogP contribution in [0, 0.1) is 0 Å². The molecule has 0 N–H and O–H groups in total. The molecule has 0 heterocycles. The van der Waals surface area contributed by atoms with Gasteiger partial charge in [-0.3, -0.25) is 4.79 Å². The van der Waals surface area contributed by atoms with Crippen molar-refractivity contribution >= 4 is 5.78 Å². The lowest BCUT2D eigenvalue weighted by atomic mass is 10.1. The van der Waals surface area contributed by atoms with E-state index in [9.17, 15) is 4.79 Å². The highest BCUT2D eigenvalue weighted by molar-refractivity contribution is 5.77. The van der Waals surface area contributed by atoms with Crippen molar-refractivity contribution in [3.8, 4) is 0 Å². The number of Topliss-reactive ketones (excluding diaryl/α,β-unsaturated/α-hetero) is 1. The van der Waals surface area contributed by atoms with E-state index >= 15 is 0 Å². The van der Waals surface area contributed by atoms with Gasteiger partial charge in [-0.25, -0.2) is 0 Å². The Hall–Kier alpha value is -0.370. The van der Waals surface area contributed by atoms with Gasteiger partial charge in [-0.1, -0.05) is 19.8 Å². The van der Waals surface area contributed by atoms with Crippen molar-refractivity contribution in [1.29, 1.82) is 0 Å². The van der Waals surface area contributed by atoms with E-state index in [1.54, 1.807) is 0 Å². The number of hydrogen-bond donors (Lipinski definition) is 0. The molecular formula is C13H26O2. The predicted molar refractivity (Wildman–Crippen MR) is 64.1 cm³/mol. The van der Waals surface area contributed by atoms with Crippen LogP contribution in [0.4, 0.5) is 0 Å². The van der Waals surface area contributed by atoms with E-state index in [0.29, 0.717) is 12.2 Å². The van der Waals surface area contributed by atoms with Crippen molar-refractivity contribution in [3.05, 3.63) is 0 Å². The van der Waals surface area contributed by atoms with E-state index < -0.39 is 0 Å². The topological polar surface area (TPSA) is 26.3 Å². The van der Waals surface area contributed by atoms with E-state index in [1.165, 1.54) is 6.42 Å². The Labute approximate surface area is 94.4 Å². The quantitative estimate of drug-likeness (QED) is 0.575. The van der Waals surface area contributed by atoms with Gasteiger partial charge in [0.15, 0.2) is 0 Å². The van der Waals surface area contributed by atoms with E-state index in [-0.39, 0.29) is 5.60 Å². The number of rotatable bonds is 8. The van der Waals surface area contributed by atoms with Crippen LogP contribution in [0.3, 0.4) is 0 Å². The summed E-state index contributed by atoms with van der Waals surface area (Å²) in [5.41, 5.74) is -0.0157. The number of ketones is 1. The zero-order valence-corrected chi connectivity index (χ0v) is 10.8. The molecular weight excluding hydrogens is 188 g/mol. The second kappa shape index (κ2) is 7.86. The van der Waals surface area contributed by atoms with Gasteiger partial charge < -0.3 is 4.74 Å². The van der Waals surface area contributed by atoms with Gasteiger partial charge in [0.25, 0.3) is 0 Å². The molecule has 0 saturated heterocycles. The first-order valence-corrected chi connectivity index (χ1v) is 6.11. The Morgan fingerprint density at radius 3 is 2.20 bits per heavy atom. The average molecular weight is 214 g/mol. The molecule has 0 aromatic rings. The normalized spacial score (nSPS) is 11.7. The lowest BCUT2D eigenvalue weighted by molar-refractivity contribution is -0.118. The number of carbonyl (C=O) groups excluding carboxylic acids is 1. The maximum atomic E-state index is 11.0. The fraction of sp³-hybridized carbons (Fsp3) is 0.923. The van der Waals surface area contributed by atoms with Gasteiger partial charge >= 0.3 is 0 Å². The molecule has 0 aliphatic rings. The molecule has 15 heavy (non-hydrogen) atoms. The molecule has 0 atom stereocenters. The summed E-state index contributed by atoms with van der Waals surface area (Å²) >= 11 is 0. The third-order valence-corrected chi connectivity index (χ3v) is 2.28. The van der Waals surface area contributed by atoms with Crippen LogP contribution in [0.5, 0.6) is 0 Å². The van der Waals surface area contributed by atoms with E-state index in [1.807, 2.05) is 6.92 Å². The van der Waals surface area contributed by atoms with Gasteiger partial charge in [0.2, 0.25) is 0 Å². The number of ether oxygens (including phenoxy) is 1. The van der Waals surface area contributed by atoms with Crippen LogP contribution in [0.1, 0.15) is 66.2 Å². The Morgan fingerprint density at radius 1 is 1.07 bits per heavy atom. The van der Waals surface area contributed by atoms with Crippen LogP contribution >= 0.6 is 0 Å². The van der Waals surface area contributed by atoms with Gasteiger partial charge in [0.05, 0.1) is 5.60 Å². The first-order chi connectivity index (χ1) is 6.95. The number of carbonyl (C=O) groups is 1. The van der Waals surface area contributed by atoms with Crippen molar-refractivity contribution < 1.29 is 9.53 Å². The van der Waals surface area contributed by atoms with Crippen LogP contribution in [0.2, 0.25) is 0 Å². The predicted octanol–water partition coefficient (Wildman–Crippen LogP) is 3.73. The van der Waals surface area contributed by atoms with Gasteiger partial charge in [-0.15, -0.1) is 0 Å². The molecule has 0 fully saturated rings. The van der Waals surface area contributed by atoms with Gasteiger partial charge in [0.1, 0.15) is 5.78 Å². The van der Waals surface area contributed by atoms with Gasteiger partial charge in [0, 0.05) is 19.4 Å². The highest BCUT2D eigenvalue weighted by atomic mass is 16.5. The molecule has 0 aliphatic heterocycles. The molecule has 0 unspecified atom stereocenters. The Bertz CT molecular complexity index is 168. The highest BCUT2D eigenvalue weighted by Gasteiger charge is 2.08. The summed E-state index contributed by atoms with van der Waals surface area (Å²) in [4.78, 5) is 11.0. The molecule has 0 saturated carbocycles. The maximum absolute atomic E-state index is 11.0. The van der Waals surface area contributed by atoms with Crippen molar-refractivity contribution in [2.24, 2.45) is 0 Å². The fourth-order valence-corrected chi connectivity index (χ4v) is 1.33. The summed E-state index contributed by atoms with van der Waals surface area (Å²) in [5.74, 6) is 0.390. The highest BCUT2D eigenvalue weighted by Crippen LogP contribution is 2.10. The third kappa shape index (κ3) is 11.6. The minimum Gasteiger partial charge on any atom is -0.376 e. The average Bonchev–Trinajstić information content (AvgIpc) is 2.14. The van der Waals surface area contributed by atoms with Crippen molar-refractivity contribution in [1.82, 2.24) is 0 Å². The molecule has 0 aromatic heterocycles. The Balaban J connectivity index is 3.16. The minimum absolute atomic E-state index is 0.0157. The lowest BCUT2D eigenvalue weighted by Crippen LogP contribution is -2.19. The van der Waals surface area contributed by atoms with Gasteiger partial charge in [-0.05, 0) is 33.6 Å². The molecule has 0 spiro atoms. The monoisotopic (exact) mass is 214 g/mol. The number of unbranched alkanes of at least 4 members (excludes halogenated alkanes) is 3. The summed E-state index contributed by atoms with van der Waals surface area (Å²) in [6.07, 6.45) is 5.93. The van der Waals surface area contributed by atoms with E-state index in [2.05, 4.69) is 20.8 Å². The van der Waals surface area contributed by atoms with Crippen LogP contribution in [0.25, 0.3) is 0 Å². The molecule has 90 valence electrons. The smallest absolute Gasteiger partial charge is 0.132 e. The van der Waals surface area contributed by atoms with Gasteiger partial charge in [-0.2, -0.15) is 0 Å². The maximum Gasteiger partial charge on any atom is 0.132 e. The summed E-state index contributed by atoms with van der Waals surface area (Å²) in [6, 6.07) is 0. The van der Waals surface area contributed by atoms with Crippen molar-refractivity contribution in [3.63, 3.8) is 0 Å². The standard InChI is InChI=1S/C13H26O2/c1-5-12(14)10-8-6-7-9-11-15-13(2,3)4/h5-11H2,1-4H3. The SMILES string of the molecule is CCC(=O)CCCCCCOC(C)(C)C. The van der Waals surface area contributed by atoms with Crippen LogP contribution < -0.4 is 0 Å². The lowest BCUT2D eigenvalue weighted by Gasteiger charge is -2.19. The summed E-state index contributed by atoms with van der Waals surface area (Å²) < 4.78 is 5.61. The molecule has 2 heteroatoms. The zero-order chi connectivity index (χ0) is 11.7. The zero-order valence-electron chi connectivity index (χ0n) is 10.8. The molecule has 0 amide bonds. The largest absolute Gasteiger partial charge is 0.376 e. The Kier molecular flexibility index (Phi) is 7.67. The molecule has 0 aliphatic carbocycles.